The molecule has 1 aliphatic rings. The molecule has 178 valence electrons. The van der Waals surface area contributed by atoms with Gasteiger partial charge in [-0.15, -0.1) is 0 Å². The number of benzene rings is 2. The van der Waals surface area contributed by atoms with E-state index in [0.29, 0.717) is 42.0 Å². The molecule has 3 aromatic rings. The van der Waals surface area contributed by atoms with E-state index in [-0.39, 0.29) is 21.7 Å². The lowest BCUT2D eigenvalue weighted by atomic mass is 10.1. The van der Waals surface area contributed by atoms with Crippen LogP contribution in [0, 0.1) is 11.3 Å². The van der Waals surface area contributed by atoms with Crippen LogP contribution in [0.1, 0.15) is 31.5 Å². The number of anilines is 2. The molecule has 4 rings (SSSR count). The van der Waals surface area contributed by atoms with Gasteiger partial charge in [-0.1, -0.05) is 30.3 Å². The number of piperazine rings is 1. The van der Waals surface area contributed by atoms with Crippen LogP contribution < -0.4 is 11.1 Å². The second kappa shape index (κ2) is 10.6. The van der Waals surface area contributed by atoms with Gasteiger partial charge in [0.25, 0.3) is 11.8 Å². The van der Waals surface area contributed by atoms with Crippen molar-refractivity contribution in [2.24, 2.45) is 0 Å². The number of rotatable bonds is 6. The number of hydrogen-bond acceptors (Lipinski definition) is 7. The number of para-hydroxylation sites is 1. The maximum Gasteiger partial charge on any atom is 0.278 e. The number of carbonyl (C=O) groups excluding carboxylic acids is 2. The number of aromatic nitrogens is 2. The number of amides is 2. The van der Waals surface area contributed by atoms with Crippen LogP contribution in [0.3, 0.4) is 0 Å². The summed E-state index contributed by atoms with van der Waals surface area (Å²) in [6.07, 6.45) is 1.98. The third-order valence-corrected chi connectivity index (χ3v) is 5.65. The molecule has 0 aliphatic carbocycles. The average molecular weight is 462 g/mol. The van der Waals surface area contributed by atoms with Gasteiger partial charge in [0.05, 0.1) is 18.0 Å². The predicted molar refractivity (Wildman–Crippen MR) is 135 cm³/mol. The van der Waals surface area contributed by atoms with Gasteiger partial charge >= 0.3 is 0 Å². The van der Waals surface area contributed by atoms with E-state index in [2.05, 4.69) is 26.3 Å². The summed E-state index contributed by atoms with van der Waals surface area (Å²) in [5, 5.41) is 11.5. The maximum absolute atomic E-state index is 13.1. The minimum absolute atomic E-state index is 0. The summed E-state index contributed by atoms with van der Waals surface area (Å²) in [5.74, 6) is -0.495. The fourth-order valence-corrected chi connectivity index (χ4v) is 3.79. The first-order valence-electron chi connectivity index (χ1n) is 11.0. The van der Waals surface area contributed by atoms with E-state index in [1.807, 2.05) is 29.2 Å². The van der Waals surface area contributed by atoms with E-state index in [1.54, 1.807) is 30.3 Å². The second-order valence-electron chi connectivity index (χ2n) is 7.93. The van der Waals surface area contributed by atoms with Gasteiger partial charge in [0, 0.05) is 60.2 Å². The number of nitrogens with zero attached hydrogens (tertiary/aromatic N) is 5. The molecule has 0 spiro atoms. The van der Waals surface area contributed by atoms with Crippen molar-refractivity contribution in [2.45, 2.75) is 6.42 Å². The van der Waals surface area contributed by atoms with E-state index >= 15 is 0 Å². The van der Waals surface area contributed by atoms with Gasteiger partial charge in [0.15, 0.2) is 11.5 Å². The highest BCUT2D eigenvalue weighted by Crippen LogP contribution is 2.22. The van der Waals surface area contributed by atoms with Crippen molar-refractivity contribution in [3.8, 4) is 17.3 Å². The average Bonchev–Trinajstić information content (AvgIpc) is 2.88. The summed E-state index contributed by atoms with van der Waals surface area (Å²) >= 11 is 0. The summed E-state index contributed by atoms with van der Waals surface area (Å²) in [4.78, 5) is 38.4. The zero-order valence-electron chi connectivity index (χ0n) is 18.6. The van der Waals surface area contributed by atoms with Crippen LogP contribution in [0.15, 0.2) is 60.8 Å². The Bertz CT molecular complexity index is 1230. The molecular weight excluding hydrogens is 430 g/mol. The molecule has 0 radical (unpaired) electrons. The van der Waals surface area contributed by atoms with Crippen molar-refractivity contribution in [3.05, 3.63) is 72.1 Å². The monoisotopic (exact) mass is 461 g/mol. The lowest BCUT2D eigenvalue weighted by Crippen LogP contribution is -2.48. The molecule has 2 amide bonds. The van der Waals surface area contributed by atoms with Gasteiger partial charge in [-0.05, 0) is 24.3 Å². The van der Waals surface area contributed by atoms with Gasteiger partial charge < -0.3 is 16.0 Å². The molecule has 1 fully saturated rings. The zero-order chi connectivity index (χ0) is 23.9. The Labute approximate surface area is 202 Å². The molecule has 9 nitrogen and oxygen atoms in total. The molecule has 9 heteroatoms. The third-order valence-electron chi connectivity index (χ3n) is 5.65. The lowest BCUT2D eigenvalue weighted by molar-refractivity contribution is 0.0639. The second-order valence-corrected chi connectivity index (χ2v) is 7.93. The first-order valence-corrected chi connectivity index (χ1v) is 11.0. The van der Waals surface area contributed by atoms with Crippen molar-refractivity contribution in [3.63, 3.8) is 0 Å². The van der Waals surface area contributed by atoms with Gasteiger partial charge in [-0.2, -0.15) is 5.26 Å². The van der Waals surface area contributed by atoms with Crippen LogP contribution in [0.4, 0.5) is 11.5 Å². The fraction of sp³-hybridized carbons (Fsp3) is 0.240. The minimum Gasteiger partial charge on any atom is -0.382 e. The van der Waals surface area contributed by atoms with Crippen molar-refractivity contribution in [1.82, 2.24) is 19.8 Å². The van der Waals surface area contributed by atoms with Crippen LogP contribution in [0.5, 0.6) is 0 Å². The fourth-order valence-electron chi connectivity index (χ4n) is 3.79. The van der Waals surface area contributed by atoms with Gasteiger partial charge in [-0.25, -0.2) is 9.97 Å². The molecule has 0 atom stereocenters. The highest BCUT2D eigenvalue weighted by atomic mass is 16.2. The highest BCUT2D eigenvalue weighted by Gasteiger charge is 2.22. The van der Waals surface area contributed by atoms with Crippen LogP contribution in [0.25, 0.3) is 11.3 Å². The number of hydrogen-bond donors (Lipinski definition) is 2. The Balaban J connectivity index is 0.00000228. The van der Waals surface area contributed by atoms with Crippen molar-refractivity contribution in [2.75, 3.05) is 43.8 Å². The number of nitrogens with two attached hydrogens (primary N) is 1. The Morgan fingerprint density at radius 1 is 1.09 bits per heavy atom. The Hall–Kier alpha value is -4.29. The molecule has 1 aliphatic heterocycles. The van der Waals surface area contributed by atoms with Crippen molar-refractivity contribution < 1.29 is 13.9 Å². The van der Waals surface area contributed by atoms with E-state index in [1.165, 1.54) is 6.20 Å². The van der Waals surface area contributed by atoms with Crippen LogP contribution in [-0.4, -0.2) is 64.3 Å². The molecule has 1 aromatic heterocycles. The molecule has 1 saturated heterocycles. The Morgan fingerprint density at radius 3 is 2.59 bits per heavy atom. The summed E-state index contributed by atoms with van der Waals surface area (Å²) in [6.45, 7) is 3.44. The molecule has 2 aromatic carbocycles. The third kappa shape index (κ3) is 5.36. The number of nitrogen functional groups attached to an aromatic ring is 1. The summed E-state index contributed by atoms with van der Waals surface area (Å²) in [7, 11) is 0. The Morgan fingerprint density at radius 2 is 1.85 bits per heavy atom. The topological polar surface area (TPSA) is 128 Å². The lowest BCUT2D eigenvalue weighted by Gasteiger charge is -2.34. The molecular formula is C25H31N7O2. The van der Waals surface area contributed by atoms with Crippen LogP contribution >= 0.6 is 0 Å². The molecule has 2 heterocycles. The summed E-state index contributed by atoms with van der Waals surface area (Å²) < 4.78 is 0. The van der Waals surface area contributed by atoms with Crippen molar-refractivity contribution in [1.29, 1.82) is 5.26 Å². The maximum atomic E-state index is 13.1. The highest BCUT2D eigenvalue weighted by molar-refractivity contribution is 6.06. The standard InChI is InChI=1S/C25H25N7O2.3H2/c26-10-5-11-31-12-14-32(15-13-31)25(34)19-7-4-6-18(16-19)21-17-28-23(27)22(30-21)24(33)29-20-8-2-1-3-9-20;;;/h1-4,6-9,16-17H,5,11-15H2,(H2,27,28)(H,29,33);3*1H. The quantitative estimate of drug-likeness (QED) is 0.576. The normalized spacial score (nSPS) is 13.8. The molecule has 0 unspecified atom stereocenters. The minimum atomic E-state index is -0.459. The number of nitriles is 1. The first kappa shape index (κ1) is 22.9. The molecule has 34 heavy (non-hydrogen) atoms. The molecule has 3 N–H and O–H groups in total. The number of nitrogens with one attached hydrogen (secondary N) is 1. The summed E-state index contributed by atoms with van der Waals surface area (Å²) in [6, 6.07) is 18.3. The van der Waals surface area contributed by atoms with E-state index < -0.39 is 5.91 Å². The first-order chi connectivity index (χ1) is 16.5. The van der Waals surface area contributed by atoms with Gasteiger partial charge in [-0.3, -0.25) is 14.5 Å². The van der Waals surface area contributed by atoms with E-state index in [0.717, 1.165) is 19.6 Å². The van der Waals surface area contributed by atoms with Gasteiger partial charge in [0.1, 0.15) is 0 Å². The SMILES string of the molecule is N#CCCN1CCN(C(=O)c2cccc(-c3cnc(N)c(C(=O)Nc4ccccc4)n3)c2)CC1.[HH].[HH].[HH]. The molecule has 0 saturated carbocycles. The van der Waals surface area contributed by atoms with Crippen LogP contribution in [0.2, 0.25) is 0 Å². The number of carbonyl (C=O) groups is 2. The van der Waals surface area contributed by atoms with Crippen molar-refractivity contribution >= 4 is 23.3 Å². The van der Waals surface area contributed by atoms with Crippen LogP contribution in [-0.2, 0) is 0 Å². The summed E-state index contributed by atoms with van der Waals surface area (Å²) in [5.41, 5.74) is 8.22. The largest absolute Gasteiger partial charge is 0.382 e. The van der Waals surface area contributed by atoms with E-state index in [4.69, 9.17) is 11.0 Å². The van der Waals surface area contributed by atoms with Gasteiger partial charge in [0.2, 0.25) is 0 Å². The Kier molecular flexibility index (Phi) is 7.10. The predicted octanol–water partition coefficient (Wildman–Crippen LogP) is 3.39. The van der Waals surface area contributed by atoms with E-state index in [9.17, 15) is 9.59 Å². The molecule has 0 bridgehead atoms. The smallest absolute Gasteiger partial charge is 0.278 e. The zero-order valence-corrected chi connectivity index (χ0v) is 18.6.